The van der Waals surface area contributed by atoms with Crippen LogP contribution in [0.3, 0.4) is 0 Å². The van der Waals surface area contributed by atoms with Crippen LogP contribution in [0.15, 0.2) is 6.20 Å². The lowest BCUT2D eigenvalue weighted by Gasteiger charge is -1.92. The van der Waals surface area contributed by atoms with Crippen LogP contribution in [0.4, 0.5) is 0 Å². The highest BCUT2D eigenvalue weighted by Crippen LogP contribution is 2.20. The maximum atomic E-state index is 8.71. The molecule has 0 aliphatic heterocycles. The summed E-state index contributed by atoms with van der Waals surface area (Å²) in [4.78, 5) is 7.67. The van der Waals surface area contributed by atoms with E-state index >= 15 is 0 Å². The second kappa shape index (κ2) is 3.68. The fraction of sp³-hybridized carbons (Fsp3) is 0.286. The van der Waals surface area contributed by atoms with Gasteiger partial charge in [0, 0.05) is 6.20 Å². The number of aliphatic hydroxyl groups is 1. The van der Waals surface area contributed by atoms with E-state index in [2.05, 4.69) is 15.1 Å². The third kappa shape index (κ3) is 1.66. The molecule has 0 spiro atoms. The molecule has 0 saturated heterocycles. The average molecular weight is 233 g/mol. The van der Waals surface area contributed by atoms with Crippen molar-refractivity contribution >= 4 is 34.2 Å². The third-order valence-corrected chi connectivity index (χ3v) is 2.14. The van der Waals surface area contributed by atoms with Crippen LogP contribution in [0.5, 0.6) is 0 Å². The summed E-state index contributed by atoms with van der Waals surface area (Å²) in [6, 6.07) is 0. The summed E-state index contributed by atoms with van der Waals surface area (Å²) < 4.78 is 1.54. The van der Waals surface area contributed by atoms with Gasteiger partial charge in [0.25, 0.3) is 0 Å². The molecule has 0 aliphatic rings. The van der Waals surface area contributed by atoms with Gasteiger partial charge in [-0.15, -0.1) is 0 Å². The zero-order valence-electron chi connectivity index (χ0n) is 6.98. The number of aliphatic hydroxyl groups excluding tert-OH is 1. The predicted molar refractivity (Wildman–Crippen MR) is 52.4 cm³/mol. The number of hydrogen-bond donors (Lipinski definition) is 1. The maximum absolute atomic E-state index is 8.71. The van der Waals surface area contributed by atoms with E-state index in [-0.39, 0.29) is 17.0 Å². The van der Waals surface area contributed by atoms with Gasteiger partial charge in [-0.2, -0.15) is 10.1 Å². The van der Waals surface area contributed by atoms with Gasteiger partial charge in [-0.1, -0.05) is 11.6 Å². The van der Waals surface area contributed by atoms with Gasteiger partial charge < -0.3 is 5.11 Å². The zero-order valence-corrected chi connectivity index (χ0v) is 8.50. The first-order chi connectivity index (χ1) is 6.70. The van der Waals surface area contributed by atoms with Crippen molar-refractivity contribution in [1.82, 2.24) is 19.7 Å². The van der Waals surface area contributed by atoms with Crippen molar-refractivity contribution in [2.24, 2.45) is 0 Å². The first kappa shape index (κ1) is 9.64. The summed E-state index contributed by atoms with van der Waals surface area (Å²) in [5.74, 6) is 0. The van der Waals surface area contributed by atoms with E-state index in [1.165, 1.54) is 0 Å². The normalized spacial score (nSPS) is 11.1. The highest BCUT2D eigenvalue weighted by Gasteiger charge is 2.08. The van der Waals surface area contributed by atoms with Crippen LogP contribution in [0, 0.1) is 0 Å². The molecule has 2 aromatic heterocycles. The van der Waals surface area contributed by atoms with Crippen molar-refractivity contribution in [1.29, 1.82) is 0 Å². The topological polar surface area (TPSA) is 63.8 Å². The van der Waals surface area contributed by atoms with Crippen LogP contribution in [0.1, 0.15) is 0 Å². The maximum Gasteiger partial charge on any atom is 0.225 e. The Morgan fingerprint density at radius 3 is 2.86 bits per heavy atom. The number of rotatable bonds is 2. The minimum absolute atomic E-state index is 0.00671. The molecule has 0 bridgehead atoms. The first-order valence-corrected chi connectivity index (χ1v) is 4.63. The summed E-state index contributed by atoms with van der Waals surface area (Å²) >= 11 is 11.4. The van der Waals surface area contributed by atoms with Gasteiger partial charge in [0.1, 0.15) is 5.15 Å². The van der Waals surface area contributed by atoms with Gasteiger partial charge in [-0.05, 0) is 11.6 Å². The third-order valence-electron chi connectivity index (χ3n) is 1.68. The molecule has 2 rings (SSSR count). The molecule has 2 aromatic rings. The van der Waals surface area contributed by atoms with Crippen molar-refractivity contribution in [2.45, 2.75) is 6.54 Å². The van der Waals surface area contributed by atoms with Crippen molar-refractivity contribution in [3.05, 3.63) is 16.6 Å². The smallest absolute Gasteiger partial charge is 0.225 e. The molecule has 2 heterocycles. The van der Waals surface area contributed by atoms with E-state index < -0.39 is 0 Å². The fourth-order valence-corrected chi connectivity index (χ4v) is 1.53. The molecule has 0 atom stereocenters. The van der Waals surface area contributed by atoms with Crippen LogP contribution in [0.25, 0.3) is 11.0 Å². The van der Waals surface area contributed by atoms with Crippen LogP contribution in [0.2, 0.25) is 10.4 Å². The molecule has 5 nitrogen and oxygen atoms in total. The molecular weight excluding hydrogens is 227 g/mol. The van der Waals surface area contributed by atoms with Crippen LogP contribution in [-0.4, -0.2) is 31.5 Å². The summed E-state index contributed by atoms with van der Waals surface area (Å²) in [6.07, 6.45) is 1.67. The van der Waals surface area contributed by atoms with E-state index in [4.69, 9.17) is 28.3 Å². The Morgan fingerprint density at radius 2 is 2.14 bits per heavy atom. The number of hydrogen-bond acceptors (Lipinski definition) is 4. The molecule has 0 aromatic carbocycles. The Balaban J connectivity index is 2.58. The molecule has 0 fully saturated rings. The average Bonchev–Trinajstić information content (AvgIpc) is 2.48. The highest BCUT2D eigenvalue weighted by molar-refractivity contribution is 6.35. The van der Waals surface area contributed by atoms with E-state index in [9.17, 15) is 0 Å². The first-order valence-electron chi connectivity index (χ1n) is 3.88. The van der Waals surface area contributed by atoms with Crippen LogP contribution in [-0.2, 0) is 6.54 Å². The molecule has 0 radical (unpaired) electrons. The largest absolute Gasteiger partial charge is 0.394 e. The highest BCUT2D eigenvalue weighted by atomic mass is 35.5. The van der Waals surface area contributed by atoms with Crippen molar-refractivity contribution in [3.63, 3.8) is 0 Å². The van der Waals surface area contributed by atoms with E-state index in [0.717, 1.165) is 0 Å². The number of halogens is 2. The van der Waals surface area contributed by atoms with Gasteiger partial charge in [0.15, 0.2) is 5.65 Å². The molecular formula is C7H6Cl2N4O. The van der Waals surface area contributed by atoms with Crippen molar-refractivity contribution in [2.75, 3.05) is 6.61 Å². The molecule has 0 unspecified atom stereocenters. The summed E-state index contributed by atoms with van der Waals surface area (Å²) in [5.41, 5.74) is 0.434. The van der Waals surface area contributed by atoms with Gasteiger partial charge in [-0.25, -0.2) is 4.98 Å². The van der Waals surface area contributed by atoms with E-state index in [1.807, 2.05) is 0 Å². The standard InChI is InChI=1S/C7H6Cl2N4O/c8-5-4-3-13(1-2-14)12-6(4)11-7(9)10-5/h3,14H,1-2H2. The Kier molecular flexibility index (Phi) is 2.54. The Morgan fingerprint density at radius 1 is 1.36 bits per heavy atom. The predicted octanol–water partition coefficient (Wildman–Crippen LogP) is 1.13. The van der Waals surface area contributed by atoms with Crippen molar-refractivity contribution < 1.29 is 5.11 Å². The van der Waals surface area contributed by atoms with Gasteiger partial charge in [0.05, 0.1) is 18.5 Å². The molecule has 74 valence electrons. The van der Waals surface area contributed by atoms with E-state index in [1.54, 1.807) is 10.9 Å². The molecule has 0 saturated carbocycles. The minimum Gasteiger partial charge on any atom is -0.394 e. The summed E-state index contributed by atoms with van der Waals surface area (Å²) in [7, 11) is 0. The molecule has 14 heavy (non-hydrogen) atoms. The van der Waals surface area contributed by atoms with Crippen LogP contribution < -0.4 is 0 Å². The number of fused-ring (bicyclic) bond motifs is 1. The fourth-order valence-electron chi connectivity index (χ4n) is 1.11. The quantitative estimate of drug-likeness (QED) is 0.623. The molecule has 7 heteroatoms. The Labute approximate surface area is 89.3 Å². The lowest BCUT2D eigenvalue weighted by molar-refractivity contribution is 0.270. The monoisotopic (exact) mass is 232 g/mol. The summed E-state index contributed by atoms with van der Waals surface area (Å²) in [6.45, 7) is 0.400. The van der Waals surface area contributed by atoms with Crippen LogP contribution >= 0.6 is 23.2 Å². The second-order valence-corrected chi connectivity index (χ2v) is 3.33. The van der Waals surface area contributed by atoms with E-state index in [0.29, 0.717) is 17.6 Å². The van der Waals surface area contributed by atoms with Gasteiger partial charge in [-0.3, -0.25) is 4.68 Å². The SMILES string of the molecule is OCCn1cc2c(Cl)nc(Cl)nc2n1. The molecule has 0 amide bonds. The summed E-state index contributed by atoms with van der Waals surface area (Å²) in [5, 5.41) is 13.7. The number of aromatic nitrogens is 4. The van der Waals surface area contributed by atoms with Crippen molar-refractivity contribution in [3.8, 4) is 0 Å². The van der Waals surface area contributed by atoms with Gasteiger partial charge in [0.2, 0.25) is 5.28 Å². The Hall–Kier alpha value is -0.910. The second-order valence-electron chi connectivity index (χ2n) is 2.64. The Bertz CT molecular complexity index is 470. The lowest BCUT2D eigenvalue weighted by atomic mass is 10.4. The minimum atomic E-state index is 0.00671. The molecule has 0 aliphatic carbocycles. The zero-order chi connectivity index (χ0) is 10.1. The molecule has 1 N–H and O–H groups in total. The van der Waals surface area contributed by atoms with Gasteiger partial charge >= 0.3 is 0 Å². The number of nitrogens with zero attached hydrogens (tertiary/aromatic N) is 4. The lowest BCUT2D eigenvalue weighted by Crippen LogP contribution is -2.01.